The summed E-state index contributed by atoms with van der Waals surface area (Å²) < 4.78 is 13.9. The van der Waals surface area contributed by atoms with Crippen LogP contribution in [0, 0.1) is 5.82 Å². The highest BCUT2D eigenvalue weighted by atomic mass is 79.9. The Hall–Kier alpha value is -0.450. The van der Waals surface area contributed by atoms with Crippen molar-refractivity contribution in [2.45, 2.75) is 25.4 Å². The van der Waals surface area contributed by atoms with E-state index in [-0.39, 0.29) is 11.9 Å². The predicted molar refractivity (Wildman–Crippen MR) is 71.6 cm³/mol. The summed E-state index contributed by atoms with van der Waals surface area (Å²) in [6, 6.07) is 5.78. The van der Waals surface area contributed by atoms with Crippen molar-refractivity contribution in [2.24, 2.45) is 0 Å². The molecule has 0 aliphatic carbocycles. The Morgan fingerprint density at radius 2 is 2.29 bits per heavy atom. The van der Waals surface area contributed by atoms with Gasteiger partial charge in [0.2, 0.25) is 0 Å². The molecular weight excluding hydrogens is 283 g/mol. The molecule has 17 heavy (non-hydrogen) atoms. The van der Waals surface area contributed by atoms with Crippen LogP contribution in [0.5, 0.6) is 0 Å². The van der Waals surface area contributed by atoms with E-state index < -0.39 is 0 Å². The highest BCUT2D eigenvalue weighted by Crippen LogP contribution is 2.29. The number of benzene rings is 1. The molecule has 2 rings (SSSR count). The first-order chi connectivity index (χ1) is 8.09. The molecule has 94 valence electrons. The van der Waals surface area contributed by atoms with Gasteiger partial charge in [0.15, 0.2) is 0 Å². The van der Waals surface area contributed by atoms with Gasteiger partial charge >= 0.3 is 0 Å². The van der Waals surface area contributed by atoms with Crippen molar-refractivity contribution in [3.8, 4) is 0 Å². The zero-order valence-corrected chi connectivity index (χ0v) is 11.8. The summed E-state index contributed by atoms with van der Waals surface area (Å²) in [5, 5.41) is 3.37. The maximum absolute atomic E-state index is 13.1. The van der Waals surface area contributed by atoms with E-state index in [4.69, 9.17) is 0 Å². The highest BCUT2D eigenvalue weighted by molar-refractivity contribution is 9.10. The summed E-state index contributed by atoms with van der Waals surface area (Å²) in [7, 11) is 2.14. The molecule has 0 bridgehead atoms. The molecule has 1 heterocycles. The fraction of sp³-hybridized carbons (Fsp3) is 0.538. The van der Waals surface area contributed by atoms with Crippen molar-refractivity contribution in [1.82, 2.24) is 10.2 Å². The van der Waals surface area contributed by atoms with Crippen LogP contribution in [0.2, 0.25) is 0 Å². The van der Waals surface area contributed by atoms with Crippen LogP contribution < -0.4 is 5.32 Å². The molecule has 1 aromatic carbocycles. The number of nitrogens with zero attached hydrogens (tertiary/aromatic N) is 1. The first-order valence-electron chi connectivity index (χ1n) is 5.97. The minimum Gasteiger partial charge on any atom is -0.315 e. The molecule has 0 radical (unpaired) electrons. The molecule has 1 fully saturated rings. The molecular formula is C13H18BrFN2. The molecule has 2 unspecified atom stereocenters. The number of likely N-dealkylation sites (N-methyl/N-ethyl adjacent to an activating group) is 1. The van der Waals surface area contributed by atoms with Gasteiger partial charge < -0.3 is 5.32 Å². The summed E-state index contributed by atoms with van der Waals surface area (Å²) in [5.74, 6) is -0.196. The second-order valence-electron chi connectivity index (χ2n) is 4.65. The van der Waals surface area contributed by atoms with Crippen molar-refractivity contribution in [3.05, 3.63) is 34.1 Å². The molecule has 2 nitrogen and oxygen atoms in total. The SMILES string of the molecule is CC(c1ccc(F)cc1Br)N(C)C1CCNC1. The zero-order valence-electron chi connectivity index (χ0n) is 10.2. The van der Waals surface area contributed by atoms with Crippen LogP contribution in [-0.4, -0.2) is 31.1 Å². The lowest BCUT2D eigenvalue weighted by Gasteiger charge is -2.31. The van der Waals surface area contributed by atoms with Crippen molar-refractivity contribution in [3.63, 3.8) is 0 Å². The molecule has 1 saturated heterocycles. The third kappa shape index (κ3) is 2.87. The molecule has 0 saturated carbocycles. The van der Waals surface area contributed by atoms with Gasteiger partial charge in [-0.3, -0.25) is 4.90 Å². The van der Waals surface area contributed by atoms with E-state index in [9.17, 15) is 4.39 Å². The molecule has 2 atom stereocenters. The molecule has 4 heteroatoms. The van der Waals surface area contributed by atoms with Crippen molar-refractivity contribution in [1.29, 1.82) is 0 Å². The largest absolute Gasteiger partial charge is 0.315 e. The van der Waals surface area contributed by atoms with Crippen molar-refractivity contribution in [2.75, 3.05) is 20.1 Å². The Bertz CT molecular complexity index is 391. The number of rotatable bonds is 3. The third-order valence-corrected chi connectivity index (χ3v) is 4.32. The minimum absolute atomic E-state index is 0.196. The van der Waals surface area contributed by atoms with Gasteiger partial charge in [-0.2, -0.15) is 0 Å². The molecule has 1 aliphatic heterocycles. The number of hydrogen-bond donors (Lipinski definition) is 1. The van der Waals surface area contributed by atoms with Crippen LogP contribution in [0.15, 0.2) is 22.7 Å². The molecule has 1 N–H and O–H groups in total. The summed E-state index contributed by atoms with van der Waals surface area (Å²) in [5.41, 5.74) is 1.14. The maximum atomic E-state index is 13.1. The monoisotopic (exact) mass is 300 g/mol. The number of halogens is 2. The average Bonchev–Trinajstić information content (AvgIpc) is 2.80. The average molecular weight is 301 g/mol. The Balaban J connectivity index is 2.15. The Kier molecular flexibility index (Phi) is 4.17. The Morgan fingerprint density at radius 1 is 1.53 bits per heavy atom. The van der Waals surface area contributed by atoms with Crippen molar-refractivity contribution >= 4 is 15.9 Å². The summed E-state index contributed by atoms with van der Waals surface area (Å²) in [6.07, 6.45) is 1.18. The second-order valence-corrected chi connectivity index (χ2v) is 5.51. The molecule has 0 amide bonds. The second kappa shape index (κ2) is 5.46. The van der Waals surface area contributed by atoms with Crippen LogP contribution in [0.1, 0.15) is 24.9 Å². The van der Waals surface area contributed by atoms with Crippen LogP contribution in [0.4, 0.5) is 4.39 Å². The van der Waals surface area contributed by atoms with E-state index in [1.807, 2.05) is 6.07 Å². The molecule has 0 aromatic heterocycles. The van der Waals surface area contributed by atoms with Gasteiger partial charge in [-0.15, -0.1) is 0 Å². The Morgan fingerprint density at radius 3 is 2.88 bits per heavy atom. The first kappa shape index (κ1) is 13.0. The van der Waals surface area contributed by atoms with Gasteiger partial charge in [0.25, 0.3) is 0 Å². The van der Waals surface area contributed by atoms with Crippen LogP contribution in [0.3, 0.4) is 0 Å². The summed E-state index contributed by atoms with van der Waals surface area (Å²) in [4.78, 5) is 2.36. The molecule has 0 spiro atoms. The van der Waals surface area contributed by atoms with E-state index in [2.05, 4.69) is 40.1 Å². The van der Waals surface area contributed by atoms with Gasteiger partial charge in [-0.1, -0.05) is 22.0 Å². The molecule has 1 aliphatic rings. The zero-order chi connectivity index (χ0) is 12.4. The molecule has 1 aromatic rings. The lowest BCUT2D eigenvalue weighted by atomic mass is 10.1. The van der Waals surface area contributed by atoms with Crippen LogP contribution in [-0.2, 0) is 0 Å². The lowest BCUT2D eigenvalue weighted by Crippen LogP contribution is -2.35. The lowest BCUT2D eigenvalue weighted by molar-refractivity contribution is 0.196. The van der Waals surface area contributed by atoms with Gasteiger partial charge in [0.05, 0.1) is 0 Å². The van der Waals surface area contributed by atoms with Crippen LogP contribution in [0.25, 0.3) is 0 Å². The van der Waals surface area contributed by atoms with Gasteiger partial charge in [0.1, 0.15) is 5.82 Å². The summed E-state index contributed by atoms with van der Waals surface area (Å²) >= 11 is 3.44. The smallest absolute Gasteiger partial charge is 0.124 e. The maximum Gasteiger partial charge on any atom is 0.124 e. The number of nitrogens with one attached hydrogen (secondary N) is 1. The van der Waals surface area contributed by atoms with E-state index >= 15 is 0 Å². The standard InChI is InChI=1S/C13H18BrFN2/c1-9(17(2)11-5-6-16-8-11)12-4-3-10(15)7-13(12)14/h3-4,7,9,11,16H,5-6,8H2,1-2H3. The quantitative estimate of drug-likeness (QED) is 0.923. The van der Waals surface area contributed by atoms with Gasteiger partial charge in [-0.05, 0) is 44.6 Å². The third-order valence-electron chi connectivity index (χ3n) is 3.63. The summed E-state index contributed by atoms with van der Waals surface area (Å²) in [6.45, 7) is 4.29. The fourth-order valence-electron chi connectivity index (χ4n) is 2.36. The highest BCUT2D eigenvalue weighted by Gasteiger charge is 2.24. The predicted octanol–water partition coefficient (Wildman–Crippen LogP) is 2.94. The normalized spacial score (nSPS) is 22.1. The Labute approximate surface area is 110 Å². The van der Waals surface area contributed by atoms with Crippen molar-refractivity contribution < 1.29 is 4.39 Å². The fourth-order valence-corrected chi connectivity index (χ4v) is 3.05. The number of hydrogen-bond acceptors (Lipinski definition) is 2. The van der Waals surface area contributed by atoms with Gasteiger partial charge in [0, 0.05) is 23.1 Å². The van der Waals surface area contributed by atoms with Gasteiger partial charge in [-0.25, -0.2) is 4.39 Å². The first-order valence-corrected chi connectivity index (χ1v) is 6.76. The van der Waals surface area contributed by atoms with E-state index in [0.29, 0.717) is 6.04 Å². The van der Waals surface area contributed by atoms with Crippen LogP contribution >= 0.6 is 15.9 Å². The minimum atomic E-state index is -0.196. The topological polar surface area (TPSA) is 15.3 Å². The van der Waals surface area contributed by atoms with E-state index in [1.54, 1.807) is 0 Å². The van der Waals surface area contributed by atoms with E-state index in [0.717, 1.165) is 23.1 Å². The van der Waals surface area contributed by atoms with E-state index in [1.165, 1.54) is 18.6 Å².